The molecule has 4 nitrogen and oxygen atoms in total. The molecule has 1 aromatic rings. The molecule has 4 rings (SSSR count). The van der Waals surface area contributed by atoms with Gasteiger partial charge in [0.05, 0.1) is 10.5 Å². The molecule has 4 atom stereocenters. The summed E-state index contributed by atoms with van der Waals surface area (Å²) >= 11 is 0. The van der Waals surface area contributed by atoms with Gasteiger partial charge in [-0.2, -0.15) is 13.2 Å². The van der Waals surface area contributed by atoms with Gasteiger partial charge in [-0.25, -0.2) is 13.1 Å². The van der Waals surface area contributed by atoms with Gasteiger partial charge in [-0.15, -0.1) is 0 Å². The molecule has 3 aliphatic rings. The van der Waals surface area contributed by atoms with Crippen LogP contribution in [0, 0.1) is 17.8 Å². The number of benzene rings is 1. The maximum atomic E-state index is 13.7. The van der Waals surface area contributed by atoms with Gasteiger partial charge in [0, 0.05) is 17.8 Å². The third kappa shape index (κ3) is 4.03. The highest BCUT2D eigenvalue weighted by molar-refractivity contribution is 7.89. The van der Waals surface area contributed by atoms with Crippen molar-refractivity contribution in [1.82, 2.24) is 4.72 Å². The van der Waals surface area contributed by atoms with Crippen LogP contribution in [0.3, 0.4) is 0 Å². The summed E-state index contributed by atoms with van der Waals surface area (Å²) in [6.45, 7) is 1.85. The second kappa shape index (κ2) is 7.20. The third-order valence-corrected chi connectivity index (χ3v) is 8.15. The Kier molecular flexibility index (Phi) is 5.15. The molecule has 2 N–H and O–H groups in total. The minimum absolute atomic E-state index is 0.180. The monoisotopic (exact) mass is 416 g/mol. The van der Waals surface area contributed by atoms with E-state index >= 15 is 0 Å². The number of nitrogens with one attached hydrogen (secondary N) is 2. The van der Waals surface area contributed by atoms with Crippen LogP contribution in [0.2, 0.25) is 0 Å². The Morgan fingerprint density at radius 2 is 1.89 bits per heavy atom. The molecule has 0 saturated heterocycles. The lowest BCUT2D eigenvalue weighted by Gasteiger charge is -2.25. The zero-order valence-corrected chi connectivity index (χ0v) is 16.7. The Bertz CT molecular complexity index is 836. The van der Waals surface area contributed by atoms with Crippen LogP contribution in [0.15, 0.2) is 23.1 Å². The van der Waals surface area contributed by atoms with Crippen molar-refractivity contribution >= 4 is 15.7 Å². The molecule has 3 saturated carbocycles. The predicted molar refractivity (Wildman–Crippen MR) is 101 cm³/mol. The maximum absolute atomic E-state index is 13.7. The zero-order chi connectivity index (χ0) is 20.1. The first-order chi connectivity index (χ1) is 13.2. The van der Waals surface area contributed by atoms with Crippen LogP contribution < -0.4 is 10.0 Å². The fraction of sp³-hybridized carbons (Fsp3) is 0.700. The van der Waals surface area contributed by atoms with E-state index in [4.69, 9.17) is 0 Å². The van der Waals surface area contributed by atoms with E-state index in [1.807, 2.05) is 6.92 Å². The standard InChI is InChI=1S/C20H27F3N2O2S/c1-2-17(13-5-6-13)25-28(26,27)19-8-7-15(11-16(19)20(21,22)23)24-18-10-12-3-4-14(18)9-12/h7-8,11-14,17-18,24-25H,2-6,9-10H2,1H3. The van der Waals surface area contributed by atoms with E-state index in [-0.39, 0.29) is 18.0 Å². The summed E-state index contributed by atoms with van der Waals surface area (Å²) in [5.41, 5.74) is -0.753. The lowest BCUT2D eigenvalue weighted by molar-refractivity contribution is -0.139. The van der Waals surface area contributed by atoms with E-state index in [1.54, 1.807) is 0 Å². The number of sulfonamides is 1. The zero-order valence-electron chi connectivity index (χ0n) is 15.9. The van der Waals surface area contributed by atoms with Gasteiger partial charge in [-0.3, -0.25) is 0 Å². The fourth-order valence-corrected chi connectivity index (χ4v) is 6.58. The van der Waals surface area contributed by atoms with Gasteiger partial charge in [-0.1, -0.05) is 13.3 Å². The highest BCUT2D eigenvalue weighted by Crippen LogP contribution is 2.46. The summed E-state index contributed by atoms with van der Waals surface area (Å²) in [5.74, 6) is 1.41. The normalized spacial score (nSPS) is 28.5. The number of anilines is 1. The van der Waals surface area contributed by atoms with Crippen LogP contribution in [-0.4, -0.2) is 20.5 Å². The van der Waals surface area contributed by atoms with Gasteiger partial charge >= 0.3 is 6.18 Å². The Morgan fingerprint density at radius 3 is 2.43 bits per heavy atom. The van der Waals surface area contributed by atoms with Gasteiger partial charge in [0.25, 0.3) is 0 Å². The summed E-state index contributed by atoms with van der Waals surface area (Å²) in [4.78, 5) is -0.683. The first-order valence-electron chi connectivity index (χ1n) is 10.2. The van der Waals surface area contributed by atoms with E-state index in [9.17, 15) is 21.6 Å². The van der Waals surface area contributed by atoms with Crippen LogP contribution in [0.25, 0.3) is 0 Å². The first kappa shape index (κ1) is 20.0. The third-order valence-electron chi connectivity index (χ3n) is 6.60. The smallest absolute Gasteiger partial charge is 0.382 e. The molecule has 3 aliphatic carbocycles. The second-order valence-corrected chi connectivity index (χ2v) is 10.3. The van der Waals surface area contributed by atoms with E-state index in [0.717, 1.165) is 44.2 Å². The number of halogens is 3. The molecule has 8 heteroatoms. The molecule has 28 heavy (non-hydrogen) atoms. The van der Waals surface area contributed by atoms with Crippen molar-refractivity contribution in [2.24, 2.45) is 17.8 Å². The van der Waals surface area contributed by atoms with Crippen LogP contribution in [0.5, 0.6) is 0 Å². The largest absolute Gasteiger partial charge is 0.417 e. The molecular weight excluding hydrogens is 389 g/mol. The van der Waals surface area contributed by atoms with Crippen molar-refractivity contribution in [1.29, 1.82) is 0 Å². The number of alkyl halides is 3. The summed E-state index contributed by atoms with van der Waals surface area (Å²) in [7, 11) is -4.24. The summed E-state index contributed by atoms with van der Waals surface area (Å²) in [5, 5.41) is 3.23. The van der Waals surface area contributed by atoms with Crippen molar-refractivity contribution in [3.05, 3.63) is 23.8 Å². The number of hydrogen-bond acceptors (Lipinski definition) is 3. The quantitative estimate of drug-likeness (QED) is 0.673. The average Bonchev–Trinajstić information content (AvgIpc) is 3.27. The highest BCUT2D eigenvalue weighted by Gasteiger charge is 2.41. The second-order valence-electron chi connectivity index (χ2n) is 8.61. The van der Waals surface area contributed by atoms with E-state index in [0.29, 0.717) is 23.9 Å². The lowest BCUT2D eigenvalue weighted by Crippen LogP contribution is -2.37. The molecule has 4 unspecified atom stereocenters. The van der Waals surface area contributed by atoms with Crippen molar-refractivity contribution in [2.75, 3.05) is 5.32 Å². The highest BCUT2D eigenvalue weighted by atomic mass is 32.2. The molecule has 0 amide bonds. The van der Waals surface area contributed by atoms with Crippen LogP contribution in [0.1, 0.15) is 57.4 Å². The lowest BCUT2D eigenvalue weighted by atomic mass is 9.95. The Balaban J connectivity index is 1.59. The van der Waals surface area contributed by atoms with Gasteiger partial charge in [-0.05, 0) is 74.5 Å². The van der Waals surface area contributed by atoms with Crippen LogP contribution in [0.4, 0.5) is 18.9 Å². The Labute approximate surface area is 164 Å². The summed E-state index contributed by atoms with van der Waals surface area (Å²) in [6.07, 6.45) is 2.10. The predicted octanol–water partition coefficient (Wildman–Crippen LogP) is 4.77. The SMILES string of the molecule is CCC(NS(=O)(=O)c1ccc(NC2CC3CCC2C3)cc1C(F)(F)F)C1CC1. The maximum Gasteiger partial charge on any atom is 0.417 e. The number of rotatable bonds is 7. The molecular formula is C20H27F3N2O2S. The molecule has 156 valence electrons. The molecule has 0 aliphatic heterocycles. The minimum Gasteiger partial charge on any atom is -0.382 e. The first-order valence-corrected chi connectivity index (χ1v) is 11.7. The van der Waals surface area contributed by atoms with Gasteiger partial charge in [0.2, 0.25) is 10.0 Å². The topological polar surface area (TPSA) is 58.2 Å². The Morgan fingerprint density at radius 1 is 1.14 bits per heavy atom. The summed E-state index contributed by atoms with van der Waals surface area (Å²) < 4.78 is 69.0. The number of fused-ring (bicyclic) bond motifs is 2. The summed E-state index contributed by atoms with van der Waals surface area (Å²) in [6, 6.07) is 3.39. The van der Waals surface area contributed by atoms with Gasteiger partial charge < -0.3 is 5.32 Å². The van der Waals surface area contributed by atoms with Crippen molar-refractivity contribution < 1.29 is 21.6 Å². The van der Waals surface area contributed by atoms with Crippen LogP contribution in [-0.2, 0) is 16.2 Å². The Hall–Kier alpha value is -1.28. The van der Waals surface area contributed by atoms with Gasteiger partial charge in [0.15, 0.2) is 0 Å². The molecule has 0 spiro atoms. The molecule has 0 heterocycles. The molecule has 0 radical (unpaired) electrons. The molecule has 3 fully saturated rings. The van der Waals surface area contributed by atoms with Crippen molar-refractivity contribution in [2.45, 2.75) is 75.0 Å². The van der Waals surface area contributed by atoms with Crippen molar-refractivity contribution in [3.63, 3.8) is 0 Å². The number of hydrogen-bond donors (Lipinski definition) is 2. The minimum atomic E-state index is -4.74. The average molecular weight is 417 g/mol. The molecule has 1 aromatic carbocycles. The van der Waals surface area contributed by atoms with Crippen molar-refractivity contribution in [3.8, 4) is 0 Å². The molecule has 2 bridgehead atoms. The fourth-order valence-electron chi connectivity index (χ4n) is 4.99. The van der Waals surface area contributed by atoms with E-state index in [1.165, 1.54) is 12.5 Å². The van der Waals surface area contributed by atoms with Gasteiger partial charge in [0.1, 0.15) is 0 Å². The molecule has 0 aromatic heterocycles. The van der Waals surface area contributed by atoms with E-state index < -0.39 is 26.7 Å². The van der Waals surface area contributed by atoms with E-state index in [2.05, 4.69) is 10.0 Å². The van der Waals surface area contributed by atoms with Crippen LogP contribution >= 0.6 is 0 Å².